The van der Waals surface area contributed by atoms with Crippen molar-refractivity contribution in [2.45, 2.75) is 24.9 Å². The van der Waals surface area contributed by atoms with Crippen LogP contribution in [0.25, 0.3) is 0 Å². The van der Waals surface area contributed by atoms with Crippen molar-refractivity contribution in [3.05, 3.63) is 29.3 Å². The van der Waals surface area contributed by atoms with Gasteiger partial charge >= 0.3 is 0 Å². The van der Waals surface area contributed by atoms with Crippen LogP contribution < -0.4 is 10.6 Å². The van der Waals surface area contributed by atoms with E-state index in [1.165, 1.54) is 4.90 Å². The number of hydrogen-bond donors (Lipinski definition) is 1. The summed E-state index contributed by atoms with van der Waals surface area (Å²) >= 11 is 7.82. The molecule has 5 nitrogen and oxygen atoms in total. The summed E-state index contributed by atoms with van der Waals surface area (Å²) in [7, 11) is 1.65. The van der Waals surface area contributed by atoms with Crippen LogP contribution in [0.5, 0.6) is 0 Å². The van der Waals surface area contributed by atoms with Crippen molar-refractivity contribution in [1.82, 2.24) is 4.90 Å². The molecule has 0 spiro atoms. The van der Waals surface area contributed by atoms with Crippen molar-refractivity contribution < 1.29 is 9.59 Å². The first-order chi connectivity index (χ1) is 11.0. The minimum Gasteiger partial charge on any atom is -0.332 e. The summed E-state index contributed by atoms with van der Waals surface area (Å²) in [4.78, 5) is 28.2. The maximum atomic E-state index is 12.7. The standard InChI is InChI=1S/C16H22ClN3O2S/c1-19(15(21)12(18)8-10-23-2)14-7-9-20(16(14)22)13-6-4-3-5-11(13)17/h3-6,12,14H,7-10,18H2,1-2H3/t12-,14-/m0/s1. The number of rotatable bonds is 6. The third-order valence-corrected chi connectivity index (χ3v) is 5.05. The SMILES string of the molecule is CSCC[C@H](N)C(=O)N(C)[C@H]1CCN(c2ccccc2Cl)C1=O. The molecule has 0 radical (unpaired) electrons. The van der Waals surface area contributed by atoms with Crippen molar-refractivity contribution in [1.29, 1.82) is 0 Å². The molecule has 2 rings (SSSR count). The molecule has 0 unspecified atom stereocenters. The fourth-order valence-electron chi connectivity index (χ4n) is 2.72. The fourth-order valence-corrected chi connectivity index (χ4v) is 3.44. The first-order valence-corrected chi connectivity index (χ1v) is 9.31. The summed E-state index contributed by atoms with van der Waals surface area (Å²) in [5.41, 5.74) is 6.63. The number of carbonyl (C=O) groups is 2. The monoisotopic (exact) mass is 355 g/mol. The number of amides is 2. The van der Waals surface area contributed by atoms with E-state index >= 15 is 0 Å². The molecule has 1 aromatic carbocycles. The maximum Gasteiger partial charge on any atom is 0.249 e. The first kappa shape index (κ1) is 18.1. The van der Waals surface area contributed by atoms with Gasteiger partial charge in [-0.3, -0.25) is 9.59 Å². The highest BCUT2D eigenvalue weighted by atomic mass is 35.5. The van der Waals surface area contributed by atoms with E-state index in [-0.39, 0.29) is 11.8 Å². The summed E-state index contributed by atoms with van der Waals surface area (Å²) in [6.45, 7) is 0.547. The van der Waals surface area contributed by atoms with E-state index in [1.54, 1.807) is 29.8 Å². The van der Waals surface area contributed by atoms with E-state index in [4.69, 9.17) is 17.3 Å². The molecule has 0 aromatic heterocycles. The van der Waals surface area contributed by atoms with Crippen LogP contribution in [-0.2, 0) is 9.59 Å². The lowest BCUT2D eigenvalue weighted by molar-refractivity contribution is -0.137. The lowest BCUT2D eigenvalue weighted by Crippen LogP contribution is -2.49. The summed E-state index contributed by atoms with van der Waals surface area (Å²) in [5.74, 6) is 0.537. The molecule has 7 heteroatoms. The van der Waals surface area contributed by atoms with Gasteiger partial charge in [0.2, 0.25) is 11.8 Å². The molecule has 1 fully saturated rings. The van der Waals surface area contributed by atoms with E-state index in [2.05, 4.69) is 0 Å². The van der Waals surface area contributed by atoms with Gasteiger partial charge in [0.1, 0.15) is 6.04 Å². The Bertz CT molecular complexity index is 584. The maximum absolute atomic E-state index is 12.7. The second-order valence-electron chi connectivity index (χ2n) is 5.58. The number of anilines is 1. The quantitative estimate of drug-likeness (QED) is 0.847. The minimum atomic E-state index is -0.561. The zero-order valence-electron chi connectivity index (χ0n) is 13.4. The molecule has 1 aromatic rings. The van der Waals surface area contributed by atoms with E-state index in [0.29, 0.717) is 30.1 Å². The Morgan fingerprint density at radius 2 is 2.22 bits per heavy atom. The highest BCUT2D eigenvalue weighted by molar-refractivity contribution is 7.98. The Morgan fingerprint density at radius 1 is 1.52 bits per heavy atom. The smallest absolute Gasteiger partial charge is 0.249 e. The number of nitrogens with two attached hydrogens (primary N) is 1. The van der Waals surface area contributed by atoms with Gasteiger partial charge in [-0.25, -0.2) is 0 Å². The van der Waals surface area contributed by atoms with Gasteiger partial charge in [0.15, 0.2) is 0 Å². The number of benzene rings is 1. The summed E-state index contributed by atoms with van der Waals surface area (Å²) in [6.07, 6.45) is 3.17. The molecule has 1 heterocycles. The van der Waals surface area contributed by atoms with Gasteiger partial charge in [0.05, 0.1) is 16.8 Å². The van der Waals surface area contributed by atoms with Crippen LogP contribution in [0.2, 0.25) is 5.02 Å². The zero-order chi connectivity index (χ0) is 17.0. The number of para-hydroxylation sites is 1. The molecule has 23 heavy (non-hydrogen) atoms. The van der Waals surface area contributed by atoms with Crippen molar-refractivity contribution in [3.63, 3.8) is 0 Å². The molecule has 126 valence electrons. The largest absolute Gasteiger partial charge is 0.332 e. The minimum absolute atomic E-state index is 0.106. The van der Waals surface area contributed by atoms with Crippen molar-refractivity contribution in [2.24, 2.45) is 5.73 Å². The van der Waals surface area contributed by atoms with Gasteiger partial charge in [-0.05, 0) is 37.0 Å². The van der Waals surface area contributed by atoms with E-state index in [9.17, 15) is 9.59 Å². The molecule has 1 aliphatic heterocycles. The number of hydrogen-bond acceptors (Lipinski definition) is 4. The van der Waals surface area contributed by atoms with Crippen LogP contribution in [0.15, 0.2) is 24.3 Å². The van der Waals surface area contributed by atoms with E-state index in [1.807, 2.05) is 24.5 Å². The van der Waals surface area contributed by atoms with Gasteiger partial charge in [-0.15, -0.1) is 0 Å². The lowest BCUT2D eigenvalue weighted by Gasteiger charge is -2.26. The second kappa shape index (κ2) is 8.04. The fraction of sp³-hybridized carbons (Fsp3) is 0.500. The second-order valence-corrected chi connectivity index (χ2v) is 6.98. The van der Waals surface area contributed by atoms with Gasteiger partial charge in [-0.2, -0.15) is 11.8 Å². The Hall–Kier alpha value is -1.24. The van der Waals surface area contributed by atoms with Crippen LogP contribution >= 0.6 is 23.4 Å². The normalized spacial score (nSPS) is 19.0. The first-order valence-electron chi connectivity index (χ1n) is 7.54. The molecule has 0 aliphatic carbocycles. The van der Waals surface area contributed by atoms with Crippen molar-refractivity contribution >= 4 is 40.9 Å². The zero-order valence-corrected chi connectivity index (χ0v) is 14.9. The summed E-state index contributed by atoms with van der Waals surface area (Å²) in [5, 5.41) is 0.534. The Balaban J connectivity index is 2.06. The molecular weight excluding hydrogens is 334 g/mol. The number of halogens is 1. The van der Waals surface area contributed by atoms with Crippen LogP contribution in [0, 0.1) is 0 Å². The number of thioether (sulfide) groups is 1. The predicted octanol–water partition coefficient (Wildman–Crippen LogP) is 1.98. The Kier molecular flexibility index (Phi) is 6.33. The molecule has 0 saturated carbocycles. The number of nitrogens with zero attached hydrogens (tertiary/aromatic N) is 2. The summed E-state index contributed by atoms with van der Waals surface area (Å²) in [6, 6.07) is 6.20. The van der Waals surface area contributed by atoms with Crippen molar-refractivity contribution in [3.8, 4) is 0 Å². The molecule has 2 atom stereocenters. The van der Waals surface area contributed by atoms with Crippen molar-refractivity contribution in [2.75, 3.05) is 30.5 Å². The average molecular weight is 356 g/mol. The highest BCUT2D eigenvalue weighted by Crippen LogP contribution is 2.30. The highest BCUT2D eigenvalue weighted by Gasteiger charge is 2.38. The van der Waals surface area contributed by atoms with E-state index in [0.717, 1.165) is 5.75 Å². The third-order valence-electron chi connectivity index (χ3n) is 4.09. The van der Waals surface area contributed by atoms with Gasteiger partial charge in [-0.1, -0.05) is 23.7 Å². The third kappa shape index (κ3) is 4.00. The summed E-state index contributed by atoms with van der Waals surface area (Å²) < 4.78 is 0. The van der Waals surface area contributed by atoms with Crippen LogP contribution in [0.3, 0.4) is 0 Å². The van der Waals surface area contributed by atoms with E-state index < -0.39 is 12.1 Å². The number of likely N-dealkylation sites (N-methyl/N-ethyl adjacent to an activating group) is 1. The molecule has 1 aliphatic rings. The Morgan fingerprint density at radius 3 is 2.87 bits per heavy atom. The Labute approximate surface area is 146 Å². The predicted molar refractivity (Wildman–Crippen MR) is 96.0 cm³/mol. The van der Waals surface area contributed by atoms with Gasteiger partial charge in [0, 0.05) is 13.6 Å². The van der Waals surface area contributed by atoms with Gasteiger partial charge in [0.25, 0.3) is 0 Å². The van der Waals surface area contributed by atoms with Crippen LogP contribution in [0.1, 0.15) is 12.8 Å². The van der Waals surface area contributed by atoms with Crippen LogP contribution in [0.4, 0.5) is 5.69 Å². The topological polar surface area (TPSA) is 66.6 Å². The molecular formula is C16H22ClN3O2S. The lowest BCUT2D eigenvalue weighted by atomic mass is 10.1. The molecule has 0 bridgehead atoms. The molecule has 1 saturated heterocycles. The molecule has 2 amide bonds. The van der Waals surface area contributed by atoms with Crippen LogP contribution in [-0.4, -0.2) is 54.4 Å². The number of carbonyl (C=O) groups excluding carboxylic acids is 2. The average Bonchev–Trinajstić information content (AvgIpc) is 2.93. The molecule has 2 N–H and O–H groups in total. The van der Waals surface area contributed by atoms with Gasteiger partial charge < -0.3 is 15.5 Å².